The van der Waals surface area contributed by atoms with Crippen molar-refractivity contribution in [2.45, 2.75) is 59.0 Å². The Balaban J connectivity index is 4.69. The molecule has 0 spiro atoms. The van der Waals surface area contributed by atoms with E-state index < -0.39 is 5.79 Å². The quantitative estimate of drug-likeness (QED) is 0.392. The predicted molar refractivity (Wildman–Crippen MR) is 57.4 cm³/mol. The van der Waals surface area contributed by atoms with Crippen LogP contribution in [0, 0.1) is 5.41 Å². The Bertz CT molecular complexity index is 181. The van der Waals surface area contributed by atoms with Crippen molar-refractivity contribution in [1.29, 1.82) is 5.41 Å². The second-order valence-corrected chi connectivity index (χ2v) is 3.85. The van der Waals surface area contributed by atoms with E-state index in [1.165, 1.54) is 0 Å². The molecule has 3 N–H and O–H groups in total. The third-order valence-electron chi connectivity index (χ3n) is 1.73. The molecular formula is C10H22N2O2. The van der Waals surface area contributed by atoms with E-state index in [1.54, 1.807) is 0 Å². The molecule has 0 bridgehead atoms. The van der Waals surface area contributed by atoms with Gasteiger partial charge in [-0.25, -0.2) is 0 Å². The van der Waals surface area contributed by atoms with Crippen molar-refractivity contribution in [2.75, 3.05) is 0 Å². The van der Waals surface area contributed by atoms with Gasteiger partial charge in [0.15, 0.2) is 5.84 Å². The largest absolute Gasteiger partial charge is 0.383 e. The molecule has 0 heterocycles. The van der Waals surface area contributed by atoms with Crippen molar-refractivity contribution in [3.63, 3.8) is 0 Å². The smallest absolute Gasteiger partial charge is 0.227 e. The van der Waals surface area contributed by atoms with Gasteiger partial charge in [-0.15, -0.1) is 0 Å². The number of hydrogen-bond acceptors (Lipinski definition) is 3. The zero-order valence-corrected chi connectivity index (χ0v) is 9.76. The molecule has 14 heavy (non-hydrogen) atoms. The van der Waals surface area contributed by atoms with Gasteiger partial charge in [0.05, 0.1) is 12.2 Å². The van der Waals surface area contributed by atoms with E-state index in [-0.39, 0.29) is 18.0 Å². The summed E-state index contributed by atoms with van der Waals surface area (Å²) in [5, 5.41) is 7.51. The number of nitrogens with one attached hydrogen (secondary N) is 1. The van der Waals surface area contributed by atoms with Gasteiger partial charge >= 0.3 is 0 Å². The first-order valence-corrected chi connectivity index (χ1v) is 5.04. The minimum absolute atomic E-state index is 0.0161. The summed E-state index contributed by atoms with van der Waals surface area (Å²) in [6, 6.07) is 0. The summed E-state index contributed by atoms with van der Waals surface area (Å²) >= 11 is 0. The van der Waals surface area contributed by atoms with Crippen molar-refractivity contribution in [3.8, 4) is 0 Å². The third kappa shape index (κ3) is 3.64. The van der Waals surface area contributed by atoms with Gasteiger partial charge in [-0.05, 0) is 27.7 Å². The van der Waals surface area contributed by atoms with Crippen LogP contribution in [0.25, 0.3) is 0 Å². The summed E-state index contributed by atoms with van der Waals surface area (Å²) in [6.07, 6.45) is 0.508. The molecule has 0 amide bonds. The summed E-state index contributed by atoms with van der Waals surface area (Å²) in [6.45, 7) is 9.49. The Morgan fingerprint density at radius 3 is 1.71 bits per heavy atom. The van der Waals surface area contributed by atoms with E-state index in [4.69, 9.17) is 20.6 Å². The topological polar surface area (TPSA) is 68.3 Å². The van der Waals surface area contributed by atoms with Crippen molar-refractivity contribution < 1.29 is 9.47 Å². The Kier molecular flexibility index (Phi) is 5.08. The fourth-order valence-corrected chi connectivity index (χ4v) is 1.27. The van der Waals surface area contributed by atoms with Gasteiger partial charge in [0, 0.05) is 6.42 Å². The first-order valence-electron chi connectivity index (χ1n) is 5.04. The zero-order valence-electron chi connectivity index (χ0n) is 9.76. The number of ether oxygens (including phenoxy) is 2. The molecule has 0 aliphatic carbocycles. The molecule has 0 radical (unpaired) electrons. The standard InChI is InChI=1S/C10H22N2O2/c1-6-10(9(11)12,13-7(2)3)14-8(4)5/h7-8H,6H2,1-5H3,(H3,11,12). The number of amidine groups is 1. The van der Waals surface area contributed by atoms with Crippen molar-refractivity contribution >= 4 is 5.84 Å². The van der Waals surface area contributed by atoms with Gasteiger partial charge in [-0.3, -0.25) is 5.41 Å². The lowest BCUT2D eigenvalue weighted by molar-refractivity contribution is -0.226. The van der Waals surface area contributed by atoms with E-state index in [9.17, 15) is 0 Å². The molecular weight excluding hydrogens is 180 g/mol. The highest BCUT2D eigenvalue weighted by Gasteiger charge is 2.36. The Morgan fingerprint density at radius 1 is 1.21 bits per heavy atom. The minimum atomic E-state index is -1.05. The molecule has 0 rings (SSSR count). The molecule has 0 aromatic carbocycles. The van der Waals surface area contributed by atoms with Gasteiger partial charge in [0.2, 0.25) is 5.79 Å². The van der Waals surface area contributed by atoms with Crippen LogP contribution in [0.15, 0.2) is 0 Å². The van der Waals surface area contributed by atoms with Crippen LogP contribution in [0.1, 0.15) is 41.0 Å². The maximum Gasteiger partial charge on any atom is 0.227 e. The molecule has 0 aliphatic heterocycles. The highest BCUT2D eigenvalue weighted by molar-refractivity contribution is 5.84. The van der Waals surface area contributed by atoms with E-state index in [0.717, 1.165) is 0 Å². The van der Waals surface area contributed by atoms with E-state index in [0.29, 0.717) is 6.42 Å². The summed E-state index contributed by atoms with van der Waals surface area (Å²) in [5.74, 6) is -1.12. The maximum atomic E-state index is 7.51. The summed E-state index contributed by atoms with van der Waals surface area (Å²) < 4.78 is 11.2. The molecule has 4 heteroatoms. The average Bonchev–Trinajstić information content (AvgIpc) is 2.00. The molecule has 0 atom stereocenters. The van der Waals surface area contributed by atoms with Gasteiger partial charge in [0.25, 0.3) is 0 Å². The number of nitrogens with two attached hydrogens (primary N) is 1. The molecule has 0 unspecified atom stereocenters. The molecule has 0 fully saturated rings. The van der Waals surface area contributed by atoms with Crippen molar-refractivity contribution in [3.05, 3.63) is 0 Å². The summed E-state index contributed by atoms with van der Waals surface area (Å²) in [5.41, 5.74) is 5.51. The van der Waals surface area contributed by atoms with Crippen LogP contribution in [-0.2, 0) is 9.47 Å². The summed E-state index contributed by atoms with van der Waals surface area (Å²) in [4.78, 5) is 0. The molecule has 0 aromatic rings. The van der Waals surface area contributed by atoms with E-state index >= 15 is 0 Å². The van der Waals surface area contributed by atoms with Gasteiger partial charge in [-0.2, -0.15) is 0 Å². The normalized spacial score (nSPS) is 12.5. The number of hydrogen-bond donors (Lipinski definition) is 2. The van der Waals surface area contributed by atoms with Crippen LogP contribution >= 0.6 is 0 Å². The summed E-state index contributed by atoms with van der Waals surface area (Å²) in [7, 11) is 0. The fourth-order valence-electron chi connectivity index (χ4n) is 1.27. The van der Waals surface area contributed by atoms with Gasteiger partial charge in [0.1, 0.15) is 0 Å². The van der Waals surface area contributed by atoms with E-state index in [2.05, 4.69) is 0 Å². The van der Waals surface area contributed by atoms with Crippen LogP contribution < -0.4 is 5.73 Å². The van der Waals surface area contributed by atoms with Crippen LogP contribution in [-0.4, -0.2) is 23.8 Å². The Morgan fingerprint density at radius 2 is 1.57 bits per heavy atom. The molecule has 0 saturated carbocycles. The molecule has 0 aromatic heterocycles. The van der Waals surface area contributed by atoms with Crippen LogP contribution in [0.5, 0.6) is 0 Å². The average molecular weight is 202 g/mol. The molecule has 4 nitrogen and oxygen atoms in total. The Hall–Kier alpha value is -0.610. The second-order valence-electron chi connectivity index (χ2n) is 3.85. The van der Waals surface area contributed by atoms with Gasteiger partial charge < -0.3 is 15.2 Å². The van der Waals surface area contributed by atoms with Gasteiger partial charge in [-0.1, -0.05) is 6.92 Å². The fraction of sp³-hybridized carbons (Fsp3) is 0.900. The Labute approximate surface area is 86.3 Å². The van der Waals surface area contributed by atoms with Crippen molar-refractivity contribution in [2.24, 2.45) is 5.73 Å². The lowest BCUT2D eigenvalue weighted by Crippen LogP contribution is -2.50. The molecule has 0 saturated heterocycles. The molecule has 84 valence electrons. The number of rotatable bonds is 6. The van der Waals surface area contributed by atoms with E-state index in [1.807, 2.05) is 34.6 Å². The lowest BCUT2D eigenvalue weighted by atomic mass is 10.1. The lowest BCUT2D eigenvalue weighted by Gasteiger charge is -2.34. The highest BCUT2D eigenvalue weighted by atomic mass is 16.7. The maximum absolute atomic E-state index is 7.51. The first-order chi connectivity index (χ1) is 6.34. The van der Waals surface area contributed by atoms with Crippen LogP contribution in [0.2, 0.25) is 0 Å². The highest BCUT2D eigenvalue weighted by Crippen LogP contribution is 2.21. The monoisotopic (exact) mass is 202 g/mol. The predicted octanol–water partition coefficient (Wildman–Crippen LogP) is 1.88. The van der Waals surface area contributed by atoms with Crippen molar-refractivity contribution in [1.82, 2.24) is 0 Å². The zero-order chi connectivity index (χ0) is 11.4. The second kappa shape index (κ2) is 5.32. The first kappa shape index (κ1) is 13.4. The van der Waals surface area contributed by atoms with Crippen LogP contribution in [0.4, 0.5) is 0 Å². The SMILES string of the molecule is CCC(OC(C)C)(OC(C)C)C(=N)N. The van der Waals surface area contributed by atoms with Crippen LogP contribution in [0.3, 0.4) is 0 Å². The minimum Gasteiger partial charge on any atom is -0.383 e. The third-order valence-corrected chi connectivity index (χ3v) is 1.73. The molecule has 0 aliphatic rings.